The number of hydrogen-bond donors (Lipinski definition) is 2. The van der Waals surface area contributed by atoms with E-state index in [0.717, 1.165) is 24.8 Å². The van der Waals surface area contributed by atoms with Crippen LogP contribution >= 0.6 is 0 Å². The third kappa shape index (κ3) is 7.43. The Balaban J connectivity index is 1.91. The Labute approximate surface area is 238 Å². The number of rotatable bonds is 15. The molecule has 3 rings (SSSR count). The second kappa shape index (κ2) is 13.3. The molecule has 0 saturated heterocycles. The number of ether oxygens (including phenoxy) is 2. The predicted molar refractivity (Wildman–Crippen MR) is 156 cm³/mol. The Morgan fingerprint density at radius 3 is 2.02 bits per heavy atom. The number of carbonyl (C=O) groups is 3. The number of aliphatic carboxylic acids is 1. The molecule has 7 nitrogen and oxygen atoms in total. The van der Waals surface area contributed by atoms with Gasteiger partial charge in [-0.15, -0.1) is 0 Å². The summed E-state index contributed by atoms with van der Waals surface area (Å²) in [4.78, 5) is 38.6. The van der Waals surface area contributed by atoms with Crippen LogP contribution < -0.4 is 14.8 Å². The van der Waals surface area contributed by atoms with Crippen LogP contribution in [0.3, 0.4) is 0 Å². The predicted octanol–water partition coefficient (Wildman–Crippen LogP) is 6.58. The molecule has 2 N–H and O–H groups in total. The zero-order valence-corrected chi connectivity index (χ0v) is 24.8. The number of aryl methyl sites for hydroxylation is 1. The van der Waals surface area contributed by atoms with Gasteiger partial charge in [0.1, 0.15) is 22.6 Å². The summed E-state index contributed by atoms with van der Waals surface area (Å²) in [5, 5.41) is 13.0. The van der Waals surface area contributed by atoms with Crippen molar-refractivity contribution < 1.29 is 29.0 Å². The molecule has 7 heteroatoms. The van der Waals surface area contributed by atoms with Gasteiger partial charge >= 0.3 is 5.97 Å². The summed E-state index contributed by atoms with van der Waals surface area (Å²) in [5.74, 6) is -1.26. The van der Waals surface area contributed by atoms with E-state index in [1.807, 2.05) is 65.0 Å². The average molecular weight is 552 g/mol. The van der Waals surface area contributed by atoms with Gasteiger partial charge in [-0.1, -0.05) is 57.5 Å². The maximum absolute atomic E-state index is 13.9. The Hall–Kier alpha value is -3.35. The van der Waals surface area contributed by atoms with E-state index in [4.69, 9.17) is 9.47 Å². The van der Waals surface area contributed by atoms with Crippen LogP contribution in [0.15, 0.2) is 42.5 Å². The Kier molecular flexibility index (Phi) is 10.4. The summed E-state index contributed by atoms with van der Waals surface area (Å²) < 4.78 is 11.7. The van der Waals surface area contributed by atoms with Crippen LogP contribution in [0.1, 0.15) is 101 Å². The van der Waals surface area contributed by atoms with Crippen molar-refractivity contribution in [3.8, 4) is 11.5 Å². The highest BCUT2D eigenvalue weighted by Gasteiger charge is 2.56. The molecule has 1 fully saturated rings. The van der Waals surface area contributed by atoms with Crippen LogP contribution in [0.2, 0.25) is 0 Å². The van der Waals surface area contributed by atoms with Crippen LogP contribution in [0.25, 0.3) is 0 Å². The summed E-state index contributed by atoms with van der Waals surface area (Å²) in [6.45, 7) is 12.0. The van der Waals surface area contributed by atoms with Gasteiger partial charge in [-0.3, -0.25) is 9.59 Å². The molecule has 0 heterocycles. The number of nitrogens with one attached hydrogen (secondary N) is 1. The lowest BCUT2D eigenvalue weighted by molar-refractivity contribution is -0.159. The van der Waals surface area contributed by atoms with Gasteiger partial charge in [-0.05, 0) is 87.5 Å². The smallest absolute Gasteiger partial charge is 0.329 e. The van der Waals surface area contributed by atoms with E-state index >= 15 is 0 Å². The molecule has 2 atom stereocenters. The first-order chi connectivity index (χ1) is 18.9. The number of unbranched alkanes of at least 4 members (excludes halogenated alkanes) is 1. The van der Waals surface area contributed by atoms with E-state index in [2.05, 4.69) is 17.4 Å². The quantitative estimate of drug-likeness (QED) is 0.192. The van der Waals surface area contributed by atoms with Crippen molar-refractivity contribution in [2.45, 2.75) is 91.5 Å². The van der Waals surface area contributed by atoms with Crippen LogP contribution in [0.4, 0.5) is 0 Å². The van der Waals surface area contributed by atoms with E-state index in [0.29, 0.717) is 49.5 Å². The molecule has 0 radical (unpaired) electrons. The van der Waals surface area contributed by atoms with Gasteiger partial charge in [-0.25, -0.2) is 4.79 Å². The zero-order valence-electron chi connectivity index (χ0n) is 24.8. The lowest BCUT2D eigenvalue weighted by Gasteiger charge is -2.51. The van der Waals surface area contributed by atoms with E-state index in [1.165, 1.54) is 12.5 Å². The van der Waals surface area contributed by atoms with E-state index in [1.54, 1.807) is 0 Å². The van der Waals surface area contributed by atoms with Gasteiger partial charge in [-0.2, -0.15) is 0 Å². The molecule has 0 spiro atoms. The van der Waals surface area contributed by atoms with Crippen molar-refractivity contribution in [2.75, 3.05) is 13.2 Å². The molecule has 1 saturated carbocycles. The summed E-state index contributed by atoms with van der Waals surface area (Å²) in [7, 11) is 0. The third-order valence-electron chi connectivity index (χ3n) is 7.91. The highest BCUT2D eigenvalue weighted by molar-refractivity contribution is 6.00. The van der Waals surface area contributed by atoms with Gasteiger partial charge in [0.2, 0.25) is 5.91 Å². The third-order valence-corrected chi connectivity index (χ3v) is 7.91. The number of carbonyl (C=O) groups excluding carboxylic acids is 2. The highest BCUT2D eigenvalue weighted by Crippen LogP contribution is 2.48. The number of benzene rings is 2. The van der Waals surface area contributed by atoms with Gasteiger partial charge < -0.3 is 19.9 Å². The summed E-state index contributed by atoms with van der Waals surface area (Å²) in [5.41, 5.74) is 1.08. The largest absolute Gasteiger partial charge is 0.493 e. The highest BCUT2D eigenvalue weighted by atomic mass is 16.5. The van der Waals surface area contributed by atoms with E-state index in [-0.39, 0.29) is 23.0 Å². The van der Waals surface area contributed by atoms with Crippen molar-refractivity contribution in [2.24, 2.45) is 11.3 Å². The van der Waals surface area contributed by atoms with Crippen LogP contribution in [-0.4, -0.2) is 41.5 Å². The molecule has 0 aliphatic heterocycles. The Morgan fingerprint density at radius 2 is 1.55 bits per heavy atom. The number of Topliss-reactive ketones (excluding diaryl/α,β-unsaturated/α-hetero) is 1. The monoisotopic (exact) mass is 551 g/mol. The van der Waals surface area contributed by atoms with Crippen LogP contribution in [-0.2, 0) is 16.0 Å². The van der Waals surface area contributed by atoms with Crippen molar-refractivity contribution in [3.63, 3.8) is 0 Å². The van der Waals surface area contributed by atoms with Crippen molar-refractivity contribution >= 4 is 17.7 Å². The minimum atomic E-state index is -1.24. The van der Waals surface area contributed by atoms with Crippen molar-refractivity contribution in [1.29, 1.82) is 0 Å². The van der Waals surface area contributed by atoms with Gasteiger partial charge in [0, 0.05) is 5.92 Å². The van der Waals surface area contributed by atoms with Crippen molar-refractivity contribution in [1.82, 2.24) is 5.32 Å². The lowest BCUT2D eigenvalue weighted by atomic mass is 9.59. The number of amides is 1. The first kappa shape index (κ1) is 31.2. The van der Waals surface area contributed by atoms with Crippen LogP contribution in [0.5, 0.6) is 11.5 Å². The minimum Gasteiger partial charge on any atom is -0.493 e. The molecule has 0 aromatic heterocycles. The number of carboxylic acids is 1. The molecule has 2 aromatic rings. The lowest BCUT2D eigenvalue weighted by Crippen LogP contribution is -2.66. The molecular weight excluding hydrogens is 506 g/mol. The SMILES string of the molecule is CCOc1cc(C(C)C(CCCCc2ccccc2)C(=O)NC2(C(=O)O)CC(C)(C)C2)cc(OCC)c1C(C)=O. The van der Waals surface area contributed by atoms with E-state index in [9.17, 15) is 19.5 Å². The summed E-state index contributed by atoms with van der Waals surface area (Å²) in [6, 6.07) is 13.9. The topological polar surface area (TPSA) is 102 Å². The number of carboxylic acid groups (broad SMARTS) is 1. The molecule has 40 heavy (non-hydrogen) atoms. The Morgan fingerprint density at radius 1 is 0.975 bits per heavy atom. The van der Waals surface area contributed by atoms with Gasteiger partial charge in [0.15, 0.2) is 5.78 Å². The molecule has 1 amide bonds. The fourth-order valence-electron chi connectivity index (χ4n) is 6.14. The number of hydrogen-bond acceptors (Lipinski definition) is 5. The summed E-state index contributed by atoms with van der Waals surface area (Å²) in [6.07, 6.45) is 4.02. The second-order valence-corrected chi connectivity index (χ2v) is 11.8. The molecule has 2 unspecified atom stereocenters. The fraction of sp³-hybridized carbons (Fsp3) is 0.545. The minimum absolute atomic E-state index is 0.135. The average Bonchev–Trinajstić information content (AvgIpc) is 2.87. The van der Waals surface area contributed by atoms with Gasteiger partial charge in [0.05, 0.1) is 13.2 Å². The van der Waals surface area contributed by atoms with Crippen molar-refractivity contribution in [3.05, 3.63) is 59.2 Å². The number of ketones is 1. The first-order valence-corrected chi connectivity index (χ1v) is 14.5. The second-order valence-electron chi connectivity index (χ2n) is 11.8. The van der Waals surface area contributed by atoms with E-state index < -0.39 is 17.4 Å². The standard InChI is InChI=1S/C33H45NO6/c1-7-39-27-18-25(19-28(40-8-2)29(27)23(4)35)22(3)26(17-13-12-16-24-14-10-9-11-15-24)30(36)34-33(31(37)38)20-32(5,6)21-33/h9-11,14-15,18-19,22,26H,7-8,12-13,16-17,20-21H2,1-6H3,(H,34,36)(H,37,38). The van der Waals surface area contributed by atoms with Gasteiger partial charge in [0.25, 0.3) is 0 Å². The maximum atomic E-state index is 13.9. The summed E-state index contributed by atoms with van der Waals surface area (Å²) >= 11 is 0. The molecule has 1 aliphatic carbocycles. The maximum Gasteiger partial charge on any atom is 0.329 e. The Bertz CT molecular complexity index is 1150. The zero-order chi connectivity index (χ0) is 29.5. The molecule has 2 aromatic carbocycles. The molecule has 0 bridgehead atoms. The van der Waals surface area contributed by atoms with Crippen LogP contribution in [0, 0.1) is 11.3 Å². The fourth-order valence-corrected chi connectivity index (χ4v) is 6.14. The molecule has 218 valence electrons. The normalized spacial score (nSPS) is 16.8. The molecular formula is C33H45NO6. The molecule has 1 aliphatic rings. The first-order valence-electron chi connectivity index (χ1n) is 14.5.